The molecule has 0 saturated carbocycles. The molecule has 2 aliphatic rings. The number of fused-ring (bicyclic) bond motifs is 3. The van der Waals surface area contributed by atoms with Gasteiger partial charge in [-0.3, -0.25) is 0 Å². The first-order valence-electron chi connectivity index (χ1n) is 6.07. The molecule has 0 fully saturated rings. The van der Waals surface area contributed by atoms with Gasteiger partial charge in [-0.25, -0.2) is 0 Å². The van der Waals surface area contributed by atoms with Crippen LogP contribution in [-0.4, -0.2) is 18.0 Å². The highest BCUT2D eigenvalue weighted by Crippen LogP contribution is 2.44. The van der Waals surface area contributed by atoms with Crippen LogP contribution < -0.4 is 15.5 Å². The number of aliphatic carboxylic acids is 1. The number of carbonyl (C=O) groups excluding carboxylic acids is 2. The van der Waals surface area contributed by atoms with Crippen LogP contribution in [0.1, 0.15) is 28.3 Å². The van der Waals surface area contributed by atoms with Crippen molar-refractivity contribution in [3.05, 3.63) is 41.5 Å². The molecule has 1 aromatic carbocycles. The first-order valence-corrected chi connectivity index (χ1v) is 6.07. The van der Waals surface area contributed by atoms with Crippen molar-refractivity contribution < 1.29 is 19.8 Å². The maximum absolute atomic E-state index is 11.2. The largest absolute Gasteiger partial charge is 0.548 e. The fourth-order valence-corrected chi connectivity index (χ4v) is 2.95. The Hall–Kier alpha value is -2.30. The summed E-state index contributed by atoms with van der Waals surface area (Å²) >= 11 is 0. The van der Waals surface area contributed by atoms with Crippen molar-refractivity contribution in [1.82, 2.24) is 0 Å². The Bertz CT molecular complexity index is 593. The average molecular weight is 257 g/mol. The van der Waals surface area contributed by atoms with E-state index in [1.54, 1.807) is 12.1 Å². The molecular weight excluding hydrogens is 246 g/mol. The van der Waals surface area contributed by atoms with E-state index < -0.39 is 18.0 Å². The van der Waals surface area contributed by atoms with E-state index in [4.69, 9.17) is 0 Å². The number of carboxylic acid groups (broad SMARTS) is 2. The Balaban J connectivity index is 2.08. The predicted molar refractivity (Wildman–Crippen MR) is 63.2 cm³/mol. The van der Waals surface area contributed by atoms with Crippen molar-refractivity contribution >= 4 is 17.6 Å². The van der Waals surface area contributed by atoms with Gasteiger partial charge in [-0.05, 0) is 35.6 Å². The van der Waals surface area contributed by atoms with Gasteiger partial charge in [-0.2, -0.15) is 0 Å². The predicted octanol–water partition coefficient (Wildman–Crippen LogP) is -0.746. The van der Waals surface area contributed by atoms with Crippen LogP contribution >= 0.6 is 0 Å². The number of carboxylic acids is 2. The van der Waals surface area contributed by atoms with Crippen LogP contribution in [0.4, 0.5) is 5.69 Å². The van der Waals surface area contributed by atoms with Gasteiger partial charge in [0.2, 0.25) is 0 Å². The minimum atomic E-state index is -1.23. The summed E-state index contributed by atoms with van der Waals surface area (Å²) in [6.07, 6.45) is 4.50. The second-order valence-electron chi connectivity index (χ2n) is 4.88. The molecule has 1 aliphatic carbocycles. The summed E-state index contributed by atoms with van der Waals surface area (Å²) in [5.74, 6) is -2.58. The van der Waals surface area contributed by atoms with E-state index in [0.29, 0.717) is 12.1 Å². The van der Waals surface area contributed by atoms with Gasteiger partial charge in [0, 0.05) is 11.6 Å². The third-order valence-corrected chi connectivity index (χ3v) is 3.85. The number of hydrogen-bond acceptors (Lipinski definition) is 5. The highest BCUT2D eigenvalue weighted by molar-refractivity contribution is 5.88. The van der Waals surface area contributed by atoms with Gasteiger partial charge < -0.3 is 25.1 Å². The Morgan fingerprint density at radius 1 is 1.26 bits per heavy atom. The van der Waals surface area contributed by atoms with Crippen molar-refractivity contribution in [2.45, 2.75) is 18.4 Å². The van der Waals surface area contributed by atoms with Crippen LogP contribution in [0.15, 0.2) is 30.4 Å². The highest BCUT2D eigenvalue weighted by Gasteiger charge is 2.37. The van der Waals surface area contributed by atoms with E-state index in [1.807, 2.05) is 12.2 Å². The van der Waals surface area contributed by atoms with Gasteiger partial charge in [0.05, 0.1) is 18.0 Å². The van der Waals surface area contributed by atoms with Crippen molar-refractivity contribution in [2.75, 3.05) is 5.32 Å². The summed E-state index contributed by atoms with van der Waals surface area (Å²) in [5, 5.41) is 25.0. The molecule has 0 radical (unpaired) electrons. The molecule has 5 nitrogen and oxygen atoms in total. The molecule has 1 N–H and O–H groups in total. The first kappa shape index (κ1) is 11.8. The number of benzene rings is 1. The molecule has 0 aromatic heterocycles. The molecule has 98 valence electrons. The lowest BCUT2D eigenvalue weighted by molar-refractivity contribution is -0.308. The second-order valence-corrected chi connectivity index (χ2v) is 4.88. The summed E-state index contributed by atoms with van der Waals surface area (Å²) < 4.78 is 0. The summed E-state index contributed by atoms with van der Waals surface area (Å²) in [6, 6.07) is 3.79. The molecule has 5 heteroatoms. The second kappa shape index (κ2) is 4.12. The number of carbonyl (C=O) groups is 2. The van der Waals surface area contributed by atoms with Gasteiger partial charge in [-0.1, -0.05) is 18.2 Å². The number of hydrogen-bond donors (Lipinski definition) is 1. The summed E-state index contributed by atoms with van der Waals surface area (Å²) in [5.41, 5.74) is 1.55. The van der Waals surface area contributed by atoms with Gasteiger partial charge >= 0.3 is 0 Å². The number of nitrogens with one attached hydrogen (secondary N) is 1. The number of allylic oxidation sites excluding steroid dienone is 2. The maximum atomic E-state index is 11.2. The lowest BCUT2D eigenvalue weighted by Gasteiger charge is -2.37. The fraction of sp³-hybridized carbons (Fsp3) is 0.286. The summed E-state index contributed by atoms with van der Waals surface area (Å²) in [6.45, 7) is 0. The molecule has 1 aliphatic heterocycles. The van der Waals surface area contributed by atoms with Crippen molar-refractivity contribution in [3.63, 3.8) is 0 Å². The molecule has 0 unspecified atom stereocenters. The molecular formula is C14H11NO4-2. The van der Waals surface area contributed by atoms with Gasteiger partial charge in [0.1, 0.15) is 0 Å². The Labute approximate surface area is 109 Å². The number of anilines is 1. The zero-order valence-electron chi connectivity index (χ0n) is 9.96. The van der Waals surface area contributed by atoms with Crippen LogP contribution in [0, 0.1) is 5.92 Å². The molecule has 3 atom stereocenters. The van der Waals surface area contributed by atoms with E-state index in [1.165, 1.54) is 6.07 Å². The topological polar surface area (TPSA) is 92.3 Å². The lowest BCUT2D eigenvalue weighted by Crippen LogP contribution is -2.48. The molecule has 0 saturated heterocycles. The van der Waals surface area contributed by atoms with E-state index >= 15 is 0 Å². The van der Waals surface area contributed by atoms with Crippen LogP contribution in [0.5, 0.6) is 0 Å². The molecule has 3 rings (SSSR count). The molecule has 1 heterocycles. The average Bonchev–Trinajstić information content (AvgIpc) is 2.86. The van der Waals surface area contributed by atoms with E-state index in [-0.39, 0.29) is 17.4 Å². The normalized spacial score (nSPS) is 27.3. The SMILES string of the molecule is O=C([O-])c1ccc2c(c1)[C@@H]1C=CC[C@@H]1[C@H](C(=O)[O-])N2. The van der Waals surface area contributed by atoms with Crippen LogP contribution in [0.3, 0.4) is 0 Å². The number of aromatic carboxylic acids is 1. The Morgan fingerprint density at radius 3 is 2.74 bits per heavy atom. The number of rotatable bonds is 2. The standard InChI is InChI=1S/C14H13NO4/c16-13(17)7-4-5-11-10(6-7)8-2-1-3-9(8)12(15-11)14(18)19/h1-2,4-6,8-9,12,15H,3H2,(H,16,17)(H,18,19)/p-2/t8-,9+,12-/m1/s1. The fourth-order valence-electron chi connectivity index (χ4n) is 2.95. The smallest absolute Gasteiger partial charge is 0.0715 e. The van der Waals surface area contributed by atoms with Crippen molar-refractivity contribution in [2.24, 2.45) is 5.92 Å². The Kier molecular flexibility index (Phi) is 2.55. The molecule has 19 heavy (non-hydrogen) atoms. The summed E-state index contributed by atoms with van der Waals surface area (Å²) in [7, 11) is 0. The first-order chi connectivity index (χ1) is 9.08. The third-order valence-electron chi connectivity index (χ3n) is 3.85. The van der Waals surface area contributed by atoms with E-state index in [9.17, 15) is 19.8 Å². The van der Waals surface area contributed by atoms with E-state index in [0.717, 1.165) is 5.56 Å². The minimum Gasteiger partial charge on any atom is -0.548 e. The van der Waals surface area contributed by atoms with Crippen molar-refractivity contribution in [3.8, 4) is 0 Å². The summed E-state index contributed by atoms with van der Waals surface area (Å²) in [4.78, 5) is 22.1. The van der Waals surface area contributed by atoms with Crippen LogP contribution in [0.2, 0.25) is 0 Å². The highest BCUT2D eigenvalue weighted by atomic mass is 16.4. The maximum Gasteiger partial charge on any atom is 0.0715 e. The molecule has 0 amide bonds. The van der Waals surface area contributed by atoms with Gasteiger partial charge in [-0.15, -0.1) is 0 Å². The Morgan fingerprint density at radius 2 is 2.05 bits per heavy atom. The van der Waals surface area contributed by atoms with Crippen molar-refractivity contribution in [1.29, 1.82) is 0 Å². The molecule has 0 bridgehead atoms. The monoisotopic (exact) mass is 257 g/mol. The molecule has 1 aromatic rings. The zero-order chi connectivity index (χ0) is 13.6. The zero-order valence-corrected chi connectivity index (χ0v) is 9.96. The van der Waals surface area contributed by atoms with E-state index in [2.05, 4.69) is 5.32 Å². The third kappa shape index (κ3) is 1.78. The van der Waals surface area contributed by atoms with Crippen LogP contribution in [-0.2, 0) is 4.79 Å². The lowest BCUT2D eigenvalue weighted by atomic mass is 9.79. The van der Waals surface area contributed by atoms with Crippen LogP contribution in [0.25, 0.3) is 0 Å². The minimum absolute atomic E-state index is 0.0848. The quantitative estimate of drug-likeness (QED) is 0.704. The van der Waals surface area contributed by atoms with Gasteiger partial charge in [0.25, 0.3) is 0 Å². The van der Waals surface area contributed by atoms with Gasteiger partial charge in [0.15, 0.2) is 0 Å². The molecule has 0 spiro atoms.